The van der Waals surface area contributed by atoms with Crippen LogP contribution in [0, 0.1) is 5.92 Å². The minimum absolute atomic E-state index is 0.182. The molecule has 1 heterocycles. The molecule has 1 amide bonds. The molecule has 3 heteroatoms. The molecule has 1 aliphatic carbocycles. The quantitative estimate of drug-likeness (QED) is 0.844. The summed E-state index contributed by atoms with van der Waals surface area (Å²) in [5.41, 5.74) is 1.26. The van der Waals surface area contributed by atoms with Crippen LogP contribution < -0.4 is 5.32 Å². The van der Waals surface area contributed by atoms with Crippen LogP contribution in [0.5, 0.6) is 0 Å². The Morgan fingerprint density at radius 1 is 1.53 bits per heavy atom. The van der Waals surface area contributed by atoms with Gasteiger partial charge in [-0.05, 0) is 37.3 Å². The minimum atomic E-state index is 0.182. The van der Waals surface area contributed by atoms with Gasteiger partial charge in [0.2, 0.25) is 5.91 Å². The van der Waals surface area contributed by atoms with Crippen molar-refractivity contribution in [2.24, 2.45) is 5.92 Å². The fourth-order valence-electron chi connectivity index (χ4n) is 1.77. The first-order valence-electron chi connectivity index (χ1n) is 7.09. The number of amides is 1. The van der Waals surface area contributed by atoms with Crippen LogP contribution in [0.4, 0.5) is 0 Å². The number of hydrogen-bond acceptors (Lipinski definition) is 2. The largest absolute Gasteiger partial charge is 0.493 e. The molecule has 0 spiro atoms. The van der Waals surface area contributed by atoms with Gasteiger partial charge in [-0.1, -0.05) is 25.7 Å². The average molecular weight is 263 g/mol. The van der Waals surface area contributed by atoms with Crippen LogP contribution >= 0.6 is 0 Å². The van der Waals surface area contributed by atoms with Gasteiger partial charge in [-0.15, -0.1) is 0 Å². The van der Waals surface area contributed by atoms with Crippen LogP contribution in [0.3, 0.4) is 0 Å². The van der Waals surface area contributed by atoms with Crippen molar-refractivity contribution < 1.29 is 9.53 Å². The first kappa shape index (κ1) is 15.5. The zero-order valence-corrected chi connectivity index (χ0v) is 12.1. The van der Waals surface area contributed by atoms with Gasteiger partial charge in [0.25, 0.3) is 0 Å². The van der Waals surface area contributed by atoms with Crippen molar-refractivity contribution in [1.82, 2.24) is 5.32 Å². The Balaban J connectivity index is 0.000000191. The molecule has 0 atom stereocenters. The number of nitrogens with one attached hydrogen (secondary N) is 1. The van der Waals surface area contributed by atoms with Gasteiger partial charge in [-0.3, -0.25) is 4.79 Å². The Kier molecular flexibility index (Phi) is 7.01. The Bertz CT molecular complexity index is 365. The molecule has 2 fully saturated rings. The second-order valence-electron chi connectivity index (χ2n) is 4.78. The summed E-state index contributed by atoms with van der Waals surface area (Å²) in [6, 6.07) is 0. The zero-order chi connectivity index (χ0) is 14.1. The van der Waals surface area contributed by atoms with E-state index >= 15 is 0 Å². The van der Waals surface area contributed by atoms with E-state index in [1.165, 1.54) is 18.4 Å². The van der Waals surface area contributed by atoms with E-state index in [0.717, 1.165) is 31.2 Å². The highest BCUT2D eigenvalue weighted by Gasteiger charge is 2.20. The number of carbonyl (C=O) groups is 1. The third-order valence-electron chi connectivity index (χ3n) is 3.13. The van der Waals surface area contributed by atoms with Gasteiger partial charge < -0.3 is 10.1 Å². The predicted molar refractivity (Wildman–Crippen MR) is 78.6 cm³/mol. The van der Waals surface area contributed by atoms with Crippen LogP contribution in [0.1, 0.15) is 39.5 Å². The van der Waals surface area contributed by atoms with Crippen LogP contribution in [0.2, 0.25) is 0 Å². The SMILES string of the molecule is C=C/C=C1/CCO/C1=C/C.CCC(=O)NCC1CC1. The maximum absolute atomic E-state index is 10.6. The Morgan fingerprint density at radius 2 is 2.26 bits per heavy atom. The Labute approximate surface area is 116 Å². The van der Waals surface area contributed by atoms with Gasteiger partial charge in [0.1, 0.15) is 5.76 Å². The summed E-state index contributed by atoms with van der Waals surface area (Å²) in [7, 11) is 0. The molecule has 106 valence electrons. The first-order chi connectivity index (χ1) is 9.21. The lowest BCUT2D eigenvalue weighted by atomic mass is 10.2. The van der Waals surface area contributed by atoms with Crippen molar-refractivity contribution in [3.63, 3.8) is 0 Å². The van der Waals surface area contributed by atoms with Crippen molar-refractivity contribution in [2.75, 3.05) is 13.2 Å². The zero-order valence-electron chi connectivity index (χ0n) is 12.1. The lowest BCUT2D eigenvalue weighted by molar-refractivity contribution is -0.120. The maximum Gasteiger partial charge on any atom is 0.219 e. The smallest absolute Gasteiger partial charge is 0.219 e. The van der Waals surface area contributed by atoms with Gasteiger partial charge in [0.15, 0.2) is 0 Å². The molecule has 0 unspecified atom stereocenters. The maximum atomic E-state index is 10.6. The van der Waals surface area contributed by atoms with Crippen molar-refractivity contribution in [3.05, 3.63) is 36.1 Å². The lowest BCUT2D eigenvalue weighted by Crippen LogP contribution is -2.24. The average Bonchev–Trinajstić information content (AvgIpc) is 3.16. The number of rotatable bonds is 4. The number of ether oxygens (including phenoxy) is 1. The molecular weight excluding hydrogens is 238 g/mol. The van der Waals surface area contributed by atoms with Gasteiger partial charge in [-0.25, -0.2) is 0 Å². The molecule has 0 aromatic carbocycles. The van der Waals surface area contributed by atoms with Crippen LogP contribution in [-0.4, -0.2) is 19.1 Å². The molecule has 19 heavy (non-hydrogen) atoms. The summed E-state index contributed by atoms with van der Waals surface area (Å²) in [6.45, 7) is 9.22. The van der Waals surface area contributed by atoms with E-state index in [0.29, 0.717) is 6.42 Å². The second kappa shape index (κ2) is 8.57. The first-order valence-corrected chi connectivity index (χ1v) is 7.09. The molecule has 0 radical (unpaired) electrons. The van der Waals surface area contributed by atoms with E-state index in [1.54, 1.807) is 6.08 Å². The van der Waals surface area contributed by atoms with Crippen molar-refractivity contribution in [1.29, 1.82) is 0 Å². The van der Waals surface area contributed by atoms with E-state index < -0.39 is 0 Å². The predicted octanol–water partition coefficient (Wildman–Crippen LogP) is 3.35. The van der Waals surface area contributed by atoms with Crippen LogP contribution in [-0.2, 0) is 9.53 Å². The molecule has 1 saturated carbocycles. The summed E-state index contributed by atoms with van der Waals surface area (Å²) < 4.78 is 5.31. The summed E-state index contributed by atoms with van der Waals surface area (Å²) >= 11 is 0. The van der Waals surface area contributed by atoms with E-state index in [2.05, 4.69) is 11.9 Å². The highest BCUT2D eigenvalue weighted by atomic mass is 16.5. The highest BCUT2D eigenvalue weighted by molar-refractivity contribution is 5.75. The molecule has 1 aliphatic heterocycles. The molecule has 2 aliphatic rings. The topological polar surface area (TPSA) is 38.3 Å². The molecule has 0 aromatic heterocycles. The molecule has 2 rings (SSSR count). The number of allylic oxidation sites excluding steroid dienone is 4. The molecular formula is C16H25NO2. The van der Waals surface area contributed by atoms with Gasteiger partial charge in [-0.2, -0.15) is 0 Å². The van der Waals surface area contributed by atoms with E-state index in [4.69, 9.17) is 4.74 Å². The summed E-state index contributed by atoms with van der Waals surface area (Å²) in [4.78, 5) is 10.6. The lowest BCUT2D eigenvalue weighted by Gasteiger charge is -1.98. The highest BCUT2D eigenvalue weighted by Crippen LogP contribution is 2.27. The normalized spacial score (nSPS) is 21.6. The Hall–Kier alpha value is -1.51. The minimum Gasteiger partial charge on any atom is -0.493 e. The second-order valence-corrected chi connectivity index (χ2v) is 4.78. The Morgan fingerprint density at radius 3 is 2.79 bits per heavy atom. The van der Waals surface area contributed by atoms with E-state index in [-0.39, 0.29) is 5.91 Å². The van der Waals surface area contributed by atoms with Crippen molar-refractivity contribution in [2.45, 2.75) is 39.5 Å². The van der Waals surface area contributed by atoms with E-state index in [1.807, 2.05) is 26.0 Å². The monoisotopic (exact) mass is 263 g/mol. The summed E-state index contributed by atoms with van der Waals surface area (Å²) in [6.07, 6.45) is 10.0. The number of carbonyl (C=O) groups excluding carboxylic acids is 1. The van der Waals surface area contributed by atoms with E-state index in [9.17, 15) is 4.79 Å². The third kappa shape index (κ3) is 6.27. The summed E-state index contributed by atoms with van der Waals surface area (Å²) in [5, 5.41) is 2.86. The van der Waals surface area contributed by atoms with Gasteiger partial charge in [0.05, 0.1) is 6.61 Å². The van der Waals surface area contributed by atoms with Crippen LogP contribution in [0.15, 0.2) is 36.1 Å². The van der Waals surface area contributed by atoms with Crippen LogP contribution in [0.25, 0.3) is 0 Å². The molecule has 1 saturated heterocycles. The fourth-order valence-corrected chi connectivity index (χ4v) is 1.77. The molecule has 0 aromatic rings. The molecule has 0 bridgehead atoms. The number of hydrogen-bond donors (Lipinski definition) is 1. The standard InChI is InChI=1S/C9H12O.C7H13NO/c1-3-5-8-6-7-10-9(8)4-2;1-2-7(9)8-5-6-3-4-6/h3-5H,1,6-7H2,2H3;6H,2-5H2,1H3,(H,8,9)/b8-5-,9-4+;. The van der Waals surface area contributed by atoms with Crippen molar-refractivity contribution in [3.8, 4) is 0 Å². The van der Waals surface area contributed by atoms with Gasteiger partial charge >= 0.3 is 0 Å². The fraction of sp³-hybridized carbons (Fsp3) is 0.562. The molecule has 3 nitrogen and oxygen atoms in total. The van der Waals surface area contributed by atoms with Gasteiger partial charge in [0, 0.05) is 19.4 Å². The molecule has 1 N–H and O–H groups in total. The van der Waals surface area contributed by atoms with Crippen molar-refractivity contribution >= 4 is 5.91 Å². The third-order valence-corrected chi connectivity index (χ3v) is 3.13. The summed E-state index contributed by atoms with van der Waals surface area (Å²) in [5.74, 6) is 2.00.